The fourth-order valence-corrected chi connectivity index (χ4v) is 3.73. The zero-order chi connectivity index (χ0) is 23.6. The molecule has 8 nitrogen and oxygen atoms in total. The summed E-state index contributed by atoms with van der Waals surface area (Å²) >= 11 is 3.55. The van der Waals surface area contributed by atoms with Crippen LogP contribution in [0.25, 0.3) is 0 Å². The molecule has 0 aliphatic heterocycles. The minimum atomic E-state index is -0.848. The second-order valence-electron chi connectivity index (χ2n) is 7.21. The number of ether oxygens (including phenoxy) is 1. The second-order valence-corrected chi connectivity index (χ2v) is 8.06. The largest absolute Gasteiger partial charge is 0.445 e. The number of carbonyl (C=O) groups excluding carboxylic acids is 1. The van der Waals surface area contributed by atoms with Crippen molar-refractivity contribution in [1.82, 2.24) is 5.32 Å². The van der Waals surface area contributed by atoms with Crippen LogP contribution in [0, 0.1) is 10.1 Å². The Kier molecular flexibility index (Phi) is 8.79. The summed E-state index contributed by atoms with van der Waals surface area (Å²) in [6.45, 7) is 0.850. The van der Waals surface area contributed by atoms with E-state index in [1.165, 1.54) is 12.1 Å². The first kappa shape index (κ1) is 24.2. The molecule has 0 radical (unpaired) electrons. The number of benzene rings is 3. The number of hydrogen-bond donors (Lipinski definition) is 2. The Hall–Kier alpha value is -3.43. The Morgan fingerprint density at radius 1 is 1.06 bits per heavy atom. The van der Waals surface area contributed by atoms with Crippen molar-refractivity contribution >= 4 is 33.4 Å². The van der Waals surface area contributed by atoms with Gasteiger partial charge < -0.3 is 20.1 Å². The molecule has 1 unspecified atom stereocenters. The molecule has 172 valence electrons. The topological polar surface area (TPSA) is 105 Å². The highest BCUT2D eigenvalue weighted by atomic mass is 79.9. The molecular formula is C24H24BrN3O5. The maximum atomic E-state index is 12.0. The van der Waals surface area contributed by atoms with Crippen molar-refractivity contribution in [2.75, 3.05) is 18.0 Å². The minimum Gasteiger partial charge on any atom is -0.445 e. The van der Waals surface area contributed by atoms with E-state index in [-0.39, 0.29) is 12.3 Å². The van der Waals surface area contributed by atoms with E-state index in [0.29, 0.717) is 25.1 Å². The van der Waals surface area contributed by atoms with Gasteiger partial charge in [-0.1, -0.05) is 42.5 Å². The summed E-state index contributed by atoms with van der Waals surface area (Å²) in [4.78, 5) is 24.1. The molecule has 2 N–H and O–H groups in total. The normalized spacial score (nSPS) is 11.5. The van der Waals surface area contributed by atoms with Gasteiger partial charge in [0.05, 0.1) is 10.6 Å². The number of nitro benzene ring substituents is 1. The predicted octanol–water partition coefficient (Wildman–Crippen LogP) is 5.17. The lowest BCUT2D eigenvalue weighted by molar-refractivity contribution is -0.384. The van der Waals surface area contributed by atoms with E-state index in [2.05, 4.69) is 21.2 Å². The van der Waals surface area contributed by atoms with Gasteiger partial charge in [-0.2, -0.15) is 0 Å². The van der Waals surface area contributed by atoms with E-state index >= 15 is 0 Å². The van der Waals surface area contributed by atoms with Crippen LogP contribution in [0.2, 0.25) is 0 Å². The van der Waals surface area contributed by atoms with Crippen molar-refractivity contribution in [1.29, 1.82) is 0 Å². The van der Waals surface area contributed by atoms with Crippen LogP contribution in [0.3, 0.4) is 0 Å². The molecule has 0 aliphatic carbocycles. The SMILES string of the molecule is O=C(NCCCN(c1ccccc1Br)C(O)c1ccccc1)OCc1ccc([N+](=O)[O-])cc1. The van der Waals surface area contributed by atoms with Gasteiger partial charge in [0.2, 0.25) is 0 Å². The first-order valence-corrected chi connectivity index (χ1v) is 11.1. The van der Waals surface area contributed by atoms with E-state index < -0.39 is 17.2 Å². The highest BCUT2D eigenvalue weighted by Crippen LogP contribution is 2.31. The molecule has 3 aromatic rings. The van der Waals surface area contributed by atoms with Crippen molar-refractivity contribution in [3.8, 4) is 0 Å². The Labute approximate surface area is 200 Å². The number of nitrogens with one attached hydrogen (secondary N) is 1. The van der Waals surface area contributed by atoms with Crippen molar-refractivity contribution in [2.24, 2.45) is 0 Å². The number of aliphatic hydroxyl groups is 1. The molecular weight excluding hydrogens is 490 g/mol. The molecule has 3 rings (SSSR count). The molecule has 1 amide bonds. The smallest absolute Gasteiger partial charge is 0.407 e. The molecule has 0 saturated carbocycles. The minimum absolute atomic E-state index is 0.0135. The van der Waals surface area contributed by atoms with Gasteiger partial charge in [-0.3, -0.25) is 10.1 Å². The average Bonchev–Trinajstić information content (AvgIpc) is 2.84. The number of carbonyl (C=O) groups is 1. The third-order valence-corrected chi connectivity index (χ3v) is 5.59. The summed E-state index contributed by atoms with van der Waals surface area (Å²) in [5.41, 5.74) is 2.25. The van der Waals surface area contributed by atoms with Crippen LogP contribution in [0.5, 0.6) is 0 Å². The molecule has 3 aromatic carbocycles. The van der Waals surface area contributed by atoms with E-state index in [9.17, 15) is 20.0 Å². The van der Waals surface area contributed by atoms with Gasteiger partial charge in [0.15, 0.2) is 6.23 Å². The summed E-state index contributed by atoms with van der Waals surface area (Å²) < 4.78 is 6.02. The molecule has 0 aromatic heterocycles. The number of aliphatic hydroxyl groups excluding tert-OH is 1. The van der Waals surface area contributed by atoms with Gasteiger partial charge in [-0.15, -0.1) is 0 Å². The third kappa shape index (κ3) is 7.03. The first-order chi connectivity index (χ1) is 16.0. The van der Waals surface area contributed by atoms with Crippen LogP contribution in [0.4, 0.5) is 16.2 Å². The first-order valence-electron chi connectivity index (χ1n) is 10.3. The molecule has 9 heteroatoms. The maximum Gasteiger partial charge on any atom is 0.407 e. The maximum absolute atomic E-state index is 12.0. The van der Waals surface area contributed by atoms with Crippen LogP contribution in [-0.4, -0.2) is 29.2 Å². The van der Waals surface area contributed by atoms with Gasteiger partial charge in [-0.25, -0.2) is 4.79 Å². The number of rotatable bonds is 10. The summed E-state index contributed by atoms with van der Waals surface area (Å²) in [5, 5.41) is 24.4. The number of halogens is 1. The number of nitrogens with zero attached hydrogens (tertiary/aromatic N) is 2. The zero-order valence-electron chi connectivity index (χ0n) is 17.8. The summed E-state index contributed by atoms with van der Waals surface area (Å²) in [7, 11) is 0. The fraction of sp³-hybridized carbons (Fsp3) is 0.208. The highest BCUT2D eigenvalue weighted by molar-refractivity contribution is 9.10. The Balaban J connectivity index is 1.52. The molecule has 33 heavy (non-hydrogen) atoms. The second kappa shape index (κ2) is 12.0. The van der Waals surface area contributed by atoms with Crippen molar-refractivity contribution in [2.45, 2.75) is 19.3 Å². The van der Waals surface area contributed by atoms with E-state index in [4.69, 9.17) is 4.74 Å². The molecule has 0 aliphatic rings. The van der Waals surface area contributed by atoms with Gasteiger partial charge in [0.1, 0.15) is 6.61 Å². The van der Waals surface area contributed by atoms with Crippen molar-refractivity contribution in [3.05, 3.63) is 105 Å². The van der Waals surface area contributed by atoms with Gasteiger partial charge in [0.25, 0.3) is 5.69 Å². The standard InChI is InChI=1S/C24H24BrN3O5/c25-21-9-4-5-10-22(21)27(23(29)19-7-2-1-3-8-19)16-6-15-26-24(30)33-17-18-11-13-20(14-12-18)28(31)32/h1-5,7-14,23,29H,6,15-17H2,(H,26,30). The Bertz CT molecular complexity index is 1060. The molecule has 0 bridgehead atoms. The third-order valence-electron chi connectivity index (χ3n) is 4.92. The van der Waals surface area contributed by atoms with E-state index in [0.717, 1.165) is 15.7 Å². The van der Waals surface area contributed by atoms with Gasteiger partial charge in [-0.05, 0) is 52.2 Å². The highest BCUT2D eigenvalue weighted by Gasteiger charge is 2.19. The van der Waals surface area contributed by atoms with E-state index in [1.807, 2.05) is 59.5 Å². The lowest BCUT2D eigenvalue weighted by Crippen LogP contribution is -2.33. The summed E-state index contributed by atoms with van der Waals surface area (Å²) in [5.74, 6) is 0. The van der Waals surface area contributed by atoms with Crippen LogP contribution >= 0.6 is 15.9 Å². The predicted molar refractivity (Wildman–Crippen MR) is 129 cm³/mol. The Morgan fingerprint density at radius 3 is 2.39 bits per heavy atom. The van der Waals surface area contributed by atoms with Crippen molar-refractivity contribution < 1.29 is 19.6 Å². The number of amides is 1. The summed E-state index contributed by atoms with van der Waals surface area (Å²) in [6, 6.07) is 22.8. The van der Waals surface area contributed by atoms with Crippen molar-refractivity contribution in [3.63, 3.8) is 0 Å². The quantitative estimate of drug-likeness (QED) is 0.167. The van der Waals surface area contributed by atoms with Gasteiger partial charge >= 0.3 is 6.09 Å². The Morgan fingerprint density at radius 2 is 1.73 bits per heavy atom. The van der Waals surface area contributed by atoms with Gasteiger partial charge in [0, 0.05) is 35.3 Å². The molecule has 0 fully saturated rings. The van der Waals surface area contributed by atoms with E-state index in [1.54, 1.807) is 12.1 Å². The van der Waals surface area contributed by atoms with Crippen LogP contribution in [0.1, 0.15) is 23.8 Å². The summed E-state index contributed by atoms with van der Waals surface area (Å²) in [6.07, 6.45) is -0.860. The van der Waals surface area contributed by atoms with Crippen LogP contribution < -0.4 is 10.2 Å². The molecule has 1 atom stereocenters. The fourth-order valence-electron chi connectivity index (χ4n) is 3.22. The number of non-ortho nitro benzene ring substituents is 1. The zero-order valence-corrected chi connectivity index (χ0v) is 19.3. The number of hydrogen-bond acceptors (Lipinski definition) is 6. The monoisotopic (exact) mass is 513 g/mol. The number of anilines is 1. The lowest BCUT2D eigenvalue weighted by atomic mass is 10.1. The molecule has 0 saturated heterocycles. The molecule has 0 heterocycles. The van der Waals surface area contributed by atoms with Crippen LogP contribution in [-0.2, 0) is 11.3 Å². The number of para-hydroxylation sites is 1. The molecule has 0 spiro atoms. The van der Waals surface area contributed by atoms with Crippen LogP contribution in [0.15, 0.2) is 83.3 Å². The number of alkyl carbamates (subject to hydrolysis) is 1. The number of nitro groups is 1. The lowest BCUT2D eigenvalue weighted by Gasteiger charge is -2.31. The average molecular weight is 514 g/mol.